The first kappa shape index (κ1) is 30.5. The molecule has 0 amide bonds. The lowest BCUT2D eigenvalue weighted by atomic mass is 10.1. The summed E-state index contributed by atoms with van der Waals surface area (Å²) in [5.74, 6) is 2.64. The highest BCUT2D eigenvalue weighted by Gasteiger charge is 2.13. The SMILES string of the molecule is CC.COc1ccc(Cn2c(CCc3ccccc3)nnc2CNC(=S)CN)cc1.Cc1c[nH]c2ccccc12. The van der Waals surface area contributed by atoms with Crippen LogP contribution in [0.4, 0.5) is 0 Å². The third kappa shape index (κ3) is 8.76. The van der Waals surface area contributed by atoms with E-state index in [-0.39, 0.29) is 0 Å². The van der Waals surface area contributed by atoms with Crippen molar-refractivity contribution in [2.75, 3.05) is 13.7 Å². The van der Waals surface area contributed by atoms with Gasteiger partial charge in [0.25, 0.3) is 0 Å². The molecule has 40 heavy (non-hydrogen) atoms. The number of nitrogens with two attached hydrogens (primary N) is 1. The summed E-state index contributed by atoms with van der Waals surface area (Å²) >= 11 is 5.17. The molecule has 0 fully saturated rings. The summed E-state index contributed by atoms with van der Waals surface area (Å²) < 4.78 is 7.40. The number of nitrogens with zero attached hydrogens (tertiary/aromatic N) is 3. The van der Waals surface area contributed by atoms with Gasteiger partial charge in [-0.05, 0) is 48.2 Å². The maximum atomic E-state index is 5.58. The summed E-state index contributed by atoms with van der Waals surface area (Å²) in [6.07, 6.45) is 3.76. The largest absolute Gasteiger partial charge is 0.497 e. The van der Waals surface area contributed by atoms with E-state index < -0.39 is 0 Å². The van der Waals surface area contributed by atoms with Gasteiger partial charge in [0.2, 0.25) is 0 Å². The topological polar surface area (TPSA) is 93.8 Å². The van der Waals surface area contributed by atoms with Gasteiger partial charge in [-0.25, -0.2) is 0 Å². The van der Waals surface area contributed by atoms with Crippen LogP contribution in [0.15, 0.2) is 85.1 Å². The van der Waals surface area contributed by atoms with Gasteiger partial charge in [0.05, 0.1) is 25.2 Å². The molecule has 2 aromatic heterocycles. The number of thiocarbonyl (C=S) groups is 1. The van der Waals surface area contributed by atoms with Crippen molar-refractivity contribution in [1.82, 2.24) is 25.1 Å². The Labute approximate surface area is 242 Å². The van der Waals surface area contributed by atoms with Crippen LogP contribution in [0.5, 0.6) is 5.75 Å². The van der Waals surface area contributed by atoms with Crippen LogP contribution in [0.3, 0.4) is 0 Å². The number of para-hydroxylation sites is 1. The number of benzene rings is 3. The van der Waals surface area contributed by atoms with Crippen molar-refractivity contribution in [2.24, 2.45) is 5.73 Å². The molecule has 0 unspecified atom stereocenters. The van der Waals surface area contributed by atoms with Crippen molar-refractivity contribution in [3.63, 3.8) is 0 Å². The second kappa shape index (κ2) is 16.2. The van der Waals surface area contributed by atoms with Gasteiger partial charge in [-0.3, -0.25) is 0 Å². The van der Waals surface area contributed by atoms with Gasteiger partial charge in [-0.2, -0.15) is 0 Å². The second-order valence-electron chi connectivity index (χ2n) is 8.95. The average molecular weight is 557 g/mol. The fourth-order valence-electron chi connectivity index (χ4n) is 4.15. The maximum absolute atomic E-state index is 5.58. The summed E-state index contributed by atoms with van der Waals surface area (Å²) in [5.41, 5.74) is 10.6. The van der Waals surface area contributed by atoms with Gasteiger partial charge in [0.15, 0.2) is 5.82 Å². The lowest BCUT2D eigenvalue weighted by Gasteiger charge is -2.12. The number of aromatic nitrogens is 4. The Balaban J connectivity index is 0.000000304. The molecule has 2 heterocycles. The molecule has 5 aromatic rings. The van der Waals surface area contributed by atoms with E-state index in [1.807, 2.05) is 44.3 Å². The predicted octanol–water partition coefficient (Wildman–Crippen LogP) is 6.00. The first-order chi connectivity index (χ1) is 19.6. The highest BCUT2D eigenvalue weighted by atomic mass is 32.1. The Morgan fingerprint density at radius 2 is 1.57 bits per heavy atom. The van der Waals surface area contributed by atoms with Crippen molar-refractivity contribution in [1.29, 1.82) is 0 Å². The minimum Gasteiger partial charge on any atom is -0.497 e. The van der Waals surface area contributed by atoms with E-state index in [0.717, 1.165) is 35.8 Å². The van der Waals surface area contributed by atoms with Gasteiger partial charge in [0.1, 0.15) is 11.6 Å². The molecule has 3 aromatic carbocycles. The molecule has 0 aliphatic heterocycles. The Bertz CT molecular complexity index is 1440. The molecule has 0 saturated heterocycles. The van der Waals surface area contributed by atoms with Crippen molar-refractivity contribution >= 4 is 28.1 Å². The van der Waals surface area contributed by atoms with Crippen LogP contribution in [0.2, 0.25) is 0 Å². The molecule has 210 valence electrons. The summed E-state index contributed by atoms with van der Waals surface area (Å²) in [7, 11) is 1.67. The second-order valence-corrected chi connectivity index (χ2v) is 9.44. The fraction of sp³-hybridized carbons (Fsp3) is 0.281. The van der Waals surface area contributed by atoms with Crippen LogP contribution in [0.25, 0.3) is 10.9 Å². The number of H-pyrrole nitrogens is 1. The predicted molar refractivity (Wildman–Crippen MR) is 169 cm³/mol. The van der Waals surface area contributed by atoms with Crippen LogP contribution in [-0.2, 0) is 25.9 Å². The number of rotatable bonds is 9. The molecule has 0 spiro atoms. The standard InChI is InChI=1S/C21H25N5OS.C9H9N.C2H6/c1-27-18-10-7-17(8-11-18)15-26-19(12-9-16-5-3-2-4-6-16)24-25-20(26)14-23-21(28)13-22;1-7-6-10-9-5-3-2-4-8(7)9;1-2/h2-8,10-11H,9,12-15,22H2,1H3,(H,23,28);2-6,10H,1H3;1-2H3. The summed E-state index contributed by atoms with van der Waals surface area (Å²) in [6, 6.07) is 26.8. The van der Waals surface area contributed by atoms with E-state index in [1.165, 1.54) is 22.0 Å². The van der Waals surface area contributed by atoms with E-state index in [4.69, 9.17) is 22.7 Å². The normalized spacial score (nSPS) is 10.2. The Hall–Kier alpha value is -4.01. The van der Waals surface area contributed by atoms with Crippen molar-refractivity contribution < 1.29 is 4.74 Å². The molecule has 5 rings (SSSR count). The smallest absolute Gasteiger partial charge is 0.152 e. The maximum Gasteiger partial charge on any atom is 0.152 e. The molecule has 0 aliphatic rings. The molecule has 7 nitrogen and oxygen atoms in total. The van der Waals surface area contributed by atoms with Crippen molar-refractivity contribution in [2.45, 2.75) is 46.7 Å². The molecular formula is C32H40N6OS. The minimum atomic E-state index is 0.322. The zero-order valence-electron chi connectivity index (χ0n) is 23.9. The van der Waals surface area contributed by atoms with E-state index >= 15 is 0 Å². The number of aryl methyl sites for hydroxylation is 3. The number of hydrogen-bond donors (Lipinski definition) is 3. The molecule has 0 radical (unpaired) electrons. The lowest BCUT2D eigenvalue weighted by molar-refractivity contribution is 0.414. The van der Waals surface area contributed by atoms with Crippen LogP contribution in [0.1, 0.15) is 42.2 Å². The summed E-state index contributed by atoms with van der Waals surface area (Å²) in [5, 5.41) is 13.3. The molecule has 0 atom stereocenters. The third-order valence-corrected chi connectivity index (χ3v) is 6.62. The fourth-order valence-corrected chi connectivity index (χ4v) is 4.22. The number of methoxy groups -OCH3 is 1. The number of hydrogen-bond acceptors (Lipinski definition) is 5. The van der Waals surface area contributed by atoms with Gasteiger partial charge in [0, 0.05) is 30.1 Å². The molecule has 4 N–H and O–H groups in total. The number of fused-ring (bicyclic) bond motifs is 1. The highest BCUT2D eigenvalue weighted by Crippen LogP contribution is 2.16. The minimum absolute atomic E-state index is 0.322. The Morgan fingerprint density at radius 3 is 2.25 bits per heavy atom. The number of aromatic amines is 1. The monoisotopic (exact) mass is 556 g/mol. The molecule has 0 saturated carbocycles. The van der Waals surface area contributed by atoms with Crippen LogP contribution < -0.4 is 15.8 Å². The van der Waals surface area contributed by atoms with E-state index in [9.17, 15) is 0 Å². The number of nitrogens with one attached hydrogen (secondary N) is 2. The van der Waals surface area contributed by atoms with E-state index in [0.29, 0.717) is 24.6 Å². The molecule has 8 heteroatoms. The van der Waals surface area contributed by atoms with Crippen LogP contribution in [0, 0.1) is 6.92 Å². The quantitative estimate of drug-likeness (QED) is 0.193. The highest BCUT2D eigenvalue weighted by molar-refractivity contribution is 7.80. The Kier molecular flexibility index (Phi) is 12.3. The average Bonchev–Trinajstić information content (AvgIpc) is 3.59. The zero-order valence-corrected chi connectivity index (χ0v) is 24.7. The van der Waals surface area contributed by atoms with Crippen molar-refractivity contribution in [3.8, 4) is 5.75 Å². The van der Waals surface area contributed by atoms with Gasteiger partial charge < -0.3 is 25.3 Å². The van der Waals surface area contributed by atoms with Gasteiger partial charge in [-0.1, -0.05) is 86.7 Å². The molecule has 0 bridgehead atoms. The first-order valence-electron chi connectivity index (χ1n) is 13.6. The van der Waals surface area contributed by atoms with Crippen LogP contribution in [-0.4, -0.2) is 38.4 Å². The number of ether oxygens (including phenoxy) is 1. The van der Waals surface area contributed by atoms with E-state index in [2.05, 4.69) is 86.6 Å². The summed E-state index contributed by atoms with van der Waals surface area (Å²) in [6.45, 7) is 7.62. The Morgan fingerprint density at radius 1 is 0.900 bits per heavy atom. The summed E-state index contributed by atoms with van der Waals surface area (Å²) in [4.78, 5) is 3.80. The van der Waals surface area contributed by atoms with Gasteiger partial charge in [-0.15, -0.1) is 10.2 Å². The molecular weight excluding hydrogens is 516 g/mol. The van der Waals surface area contributed by atoms with Gasteiger partial charge >= 0.3 is 0 Å². The first-order valence-corrected chi connectivity index (χ1v) is 14.1. The lowest BCUT2D eigenvalue weighted by Crippen LogP contribution is -2.29. The van der Waals surface area contributed by atoms with Crippen LogP contribution >= 0.6 is 12.2 Å². The zero-order chi connectivity index (χ0) is 28.7. The molecule has 0 aliphatic carbocycles. The van der Waals surface area contributed by atoms with Crippen molar-refractivity contribution in [3.05, 3.63) is 113 Å². The third-order valence-electron chi connectivity index (χ3n) is 6.31. The van der Waals surface area contributed by atoms with E-state index in [1.54, 1.807) is 7.11 Å².